The molecule has 1 fully saturated rings. The number of rotatable bonds is 4. The molecule has 2 aromatic rings. The number of amides is 1. The molecule has 1 heterocycles. The largest absolute Gasteiger partial charge is 0.362 e. The zero-order valence-corrected chi connectivity index (χ0v) is 19.8. The van der Waals surface area contributed by atoms with Crippen LogP contribution in [0, 0.1) is 5.82 Å². The summed E-state index contributed by atoms with van der Waals surface area (Å²) in [4.78, 5) is 15.2. The molecular weight excluding hydrogens is 437 g/mol. The van der Waals surface area contributed by atoms with Crippen molar-refractivity contribution in [3.63, 3.8) is 0 Å². The number of benzene rings is 2. The van der Waals surface area contributed by atoms with Crippen LogP contribution in [-0.4, -0.2) is 23.4 Å². The Hall–Kier alpha value is -3.28. The maximum atomic E-state index is 13.9. The van der Waals surface area contributed by atoms with Gasteiger partial charge in [-0.15, -0.1) is 0 Å². The molecule has 178 valence electrons. The lowest BCUT2D eigenvalue weighted by atomic mass is 9.70. The molecule has 2 atom stereocenters. The quantitative estimate of drug-likeness (QED) is 0.557. The van der Waals surface area contributed by atoms with Crippen molar-refractivity contribution in [3.05, 3.63) is 101 Å². The van der Waals surface area contributed by atoms with Crippen molar-refractivity contribution in [1.29, 1.82) is 0 Å². The van der Waals surface area contributed by atoms with E-state index in [1.54, 1.807) is 30.1 Å². The molecule has 1 aliphatic carbocycles. The van der Waals surface area contributed by atoms with Gasteiger partial charge in [0.2, 0.25) is 5.91 Å². The third kappa shape index (κ3) is 4.29. The van der Waals surface area contributed by atoms with Gasteiger partial charge in [0.15, 0.2) is 0 Å². The van der Waals surface area contributed by atoms with Crippen molar-refractivity contribution in [2.24, 2.45) is 0 Å². The van der Waals surface area contributed by atoms with E-state index in [2.05, 4.69) is 11.4 Å². The van der Waals surface area contributed by atoms with E-state index >= 15 is 0 Å². The van der Waals surface area contributed by atoms with Crippen molar-refractivity contribution in [2.45, 2.75) is 51.0 Å². The topological polar surface area (TPSA) is 32.3 Å². The molecule has 0 unspecified atom stereocenters. The van der Waals surface area contributed by atoms with Crippen LogP contribution < -0.4 is 5.32 Å². The average Bonchev–Trinajstić information content (AvgIpc) is 2.81. The fourth-order valence-corrected chi connectivity index (χ4v) is 4.94. The third-order valence-electron chi connectivity index (χ3n) is 6.86. The van der Waals surface area contributed by atoms with Crippen molar-refractivity contribution in [1.82, 2.24) is 10.2 Å². The van der Waals surface area contributed by atoms with Crippen molar-refractivity contribution < 1.29 is 18.0 Å². The summed E-state index contributed by atoms with van der Waals surface area (Å²) in [5.41, 5.74) is 2.45. The summed E-state index contributed by atoms with van der Waals surface area (Å²) in [7, 11) is 1.71. The third-order valence-corrected chi connectivity index (χ3v) is 6.86. The summed E-state index contributed by atoms with van der Waals surface area (Å²) in [5.74, 6) is -3.32. The first-order valence-corrected chi connectivity index (χ1v) is 11.4. The van der Waals surface area contributed by atoms with Gasteiger partial charge >= 0.3 is 0 Å². The smallest absolute Gasteiger partial charge is 0.270 e. The number of carbonyl (C=O) groups is 1. The molecular formula is C28H29F3N2O. The first kappa shape index (κ1) is 23.9. The number of halogens is 3. The minimum absolute atomic E-state index is 0.0927. The first-order chi connectivity index (χ1) is 16.0. The van der Waals surface area contributed by atoms with E-state index in [4.69, 9.17) is 0 Å². The highest BCUT2D eigenvalue weighted by Crippen LogP contribution is 2.44. The summed E-state index contributed by atoms with van der Waals surface area (Å²) < 4.78 is 41.5. The fraction of sp³-hybridized carbons (Fsp3) is 0.321. The van der Waals surface area contributed by atoms with Gasteiger partial charge in [-0.3, -0.25) is 4.79 Å². The lowest BCUT2D eigenvalue weighted by Crippen LogP contribution is -2.61. The van der Waals surface area contributed by atoms with E-state index in [9.17, 15) is 18.0 Å². The second kappa shape index (κ2) is 8.82. The molecule has 34 heavy (non-hydrogen) atoms. The molecule has 2 aliphatic rings. The molecule has 0 saturated carbocycles. The number of allylic oxidation sites excluding steroid dienone is 4. The van der Waals surface area contributed by atoms with Gasteiger partial charge in [0.25, 0.3) is 5.92 Å². The highest BCUT2D eigenvalue weighted by atomic mass is 19.3. The summed E-state index contributed by atoms with van der Waals surface area (Å²) in [5, 5.41) is 3.55. The van der Waals surface area contributed by atoms with Gasteiger partial charge in [-0.2, -0.15) is 0 Å². The minimum atomic E-state index is -2.96. The summed E-state index contributed by atoms with van der Waals surface area (Å²) >= 11 is 0. The SMILES string of the molecule is C/C=C1\N[C@](C)(C2=CC(c3cccc(F)c3)=CCC2)[C@@H](c2ccc(C(C)(F)F)cc2)C(=O)N1C. The summed E-state index contributed by atoms with van der Waals surface area (Å²) in [6.45, 7) is 4.70. The number of alkyl halides is 2. The molecule has 0 radical (unpaired) electrons. The Kier molecular flexibility index (Phi) is 6.19. The minimum Gasteiger partial charge on any atom is -0.362 e. The second-order valence-corrected chi connectivity index (χ2v) is 9.22. The number of nitrogens with zero attached hydrogens (tertiary/aromatic N) is 1. The Labute approximate surface area is 198 Å². The van der Waals surface area contributed by atoms with Crippen LogP contribution in [0.25, 0.3) is 5.57 Å². The Morgan fingerprint density at radius 2 is 1.88 bits per heavy atom. The number of nitrogens with one attached hydrogen (secondary N) is 1. The second-order valence-electron chi connectivity index (χ2n) is 9.22. The average molecular weight is 467 g/mol. The zero-order chi connectivity index (χ0) is 24.7. The zero-order valence-electron chi connectivity index (χ0n) is 19.8. The highest BCUT2D eigenvalue weighted by Gasteiger charge is 2.49. The first-order valence-electron chi connectivity index (χ1n) is 11.4. The van der Waals surface area contributed by atoms with Gasteiger partial charge in [0.05, 0.1) is 11.5 Å². The normalized spacial score (nSPS) is 24.6. The van der Waals surface area contributed by atoms with Crippen LogP contribution >= 0.6 is 0 Å². The van der Waals surface area contributed by atoms with Gasteiger partial charge in [0.1, 0.15) is 11.6 Å². The van der Waals surface area contributed by atoms with Crippen LogP contribution in [0.15, 0.2) is 78.2 Å². The summed E-state index contributed by atoms with van der Waals surface area (Å²) in [6, 6.07) is 12.5. The van der Waals surface area contributed by atoms with E-state index in [0.717, 1.165) is 36.5 Å². The van der Waals surface area contributed by atoms with Crippen LogP contribution in [0.1, 0.15) is 56.2 Å². The van der Waals surface area contributed by atoms with Crippen molar-refractivity contribution >= 4 is 11.5 Å². The number of carbonyl (C=O) groups excluding carboxylic acids is 1. The van der Waals surface area contributed by atoms with E-state index in [1.807, 2.05) is 32.1 Å². The molecule has 3 nitrogen and oxygen atoms in total. The molecule has 1 saturated heterocycles. The van der Waals surface area contributed by atoms with E-state index in [1.165, 1.54) is 24.3 Å². The standard InChI is InChI=1S/C28H29F3N2O/c1-5-24-32-27(2,22-10-6-8-19(16-22)20-9-7-11-23(29)17-20)25(26(34)33(24)4)18-12-14-21(15-13-18)28(3,30)31/h5,7-9,11-17,25,32H,6,10H2,1-4H3/b24-5+/t25-,27+/m0/s1. The summed E-state index contributed by atoms with van der Waals surface area (Å²) in [6.07, 6.45) is 7.41. The molecule has 1 aliphatic heterocycles. The van der Waals surface area contributed by atoms with Gasteiger partial charge in [-0.05, 0) is 67.2 Å². The lowest BCUT2D eigenvalue weighted by molar-refractivity contribution is -0.134. The molecule has 0 aromatic heterocycles. The Morgan fingerprint density at radius 1 is 1.18 bits per heavy atom. The van der Waals surface area contributed by atoms with Gasteiger partial charge < -0.3 is 10.2 Å². The van der Waals surface area contributed by atoms with Crippen molar-refractivity contribution in [3.8, 4) is 0 Å². The van der Waals surface area contributed by atoms with Gasteiger partial charge in [-0.1, -0.05) is 48.6 Å². The molecule has 2 aromatic carbocycles. The molecule has 0 spiro atoms. The number of hydrogen-bond donors (Lipinski definition) is 1. The van der Waals surface area contributed by atoms with Crippen LogP contribution in [0.5, 0.6) is 0 Å². The molecule has 6 heteroatoms. The molecule has 0 bridgehead atoms. The highest BCUT2D eigenvalue weighted by molar-refractivity contribution is 5.89. The van der Waals surface area contributed by atoms with Gasteiger partial charge in [0, 0.05) is 19.5 Å². The Balaban J connectivity index is 1.81. The van der Waals surface area contributed by atoms with Crippen molar-refractivity contribution in [2.75, 3.05) is 7.05 Å². The Morgan fingerprint density at radius 3 is 2.50 bits per heavy atom. The van der Waals surface area contributed by atoms with E-state index < -0.39 is 17.4 Å². The van der Waals surface area contributed by atoms with E-state index in [-0.39, 0.29) is 17.3 Å². The predicted octanol–water partition coefficient (Wildman–Crippen LogP) is 6.51. The van der Waals surface area contributed by atoms with Crippen LogP contribution in [0.4, 0.5) is 13.2 Å². The molecule has 4 rings (SSSR count). The fourth-order valence-electron chi connectivity index (χ4n) is 4.94. The van der Waals surface area contributed by atoms with Gasteiger partial charge in [-0.25, -0.2) is 13.2 Å². The number of likely N-dealkylation sites (N-methyl/N-ethyl adjacent to an activating group) is 1. The predicted molar refractivity (Wildman–Crippen MR) is 129 cm³/mol. The Bertz CT molecular complexity index is 1190. The molecule has 1 N–H and O–H groups in total. The lowest BCUT2D eigenvalue weighted by Gasteiger charge is -2.48. The van der Waals surface area contributed by atoms with Crippen LogP contribution in [-0.2, 0) is 10.7 Å². The monoisotopic (exact) mass is 466 g/mol. The van der Waals surface area contributed by atoms with Crippen LogP contribution in [0.2, 0.25) is 0 Å². The number of hydrogen-bond acceptors (Lipinski definition) is 2. The maximum Gasteiger partial charge on any atom is 0.270 e. The maximum absolute atomic E-state index is 13.9. The van der Waals surface area contributed by atoms with E-state index in [0.29, 0.717) is 11.4 Å². The van der Waals surface area contributed by atoms with Crippen LogP contribution in [0.3, 0.4) is 0 Å². The molecule has 1 amide bonds.